The summed E-state index contributed by atoms with van der Waals surface area (Å²) < 4.78 is 0. The van der Waals surface area contributed by atoms with Crippen LogP contribution in [0.4, 0.5) is 0 Å². The lowest BCUT2D eigenvalue weighted by Gasteiger charge is -2.01. The van der Waals surface area contributed by atoms with E-state index in [1.165, 1.54) is 33.1 Å². The van der Waals surface area contributed by atoms with Gasteiger partial charge < -0.3 is 20.4 Å². The van der Waals surface area contributed by atoms with Crippen LogP contribution in [0.15, 0.2) is 0 Å². The van der Waals surface area contributed by atoms with Crippen LogP contribution in [-0.2, 0) is 9.59 Å². The molecule has 0 saturated heterocycles. The van der Waals surface area contributed by atoms with Gasteiger partial charge in [-0.25, -0.2) is 0 Å². The number of aliphatic carboxylic acids is 2. The minimum Gasteiger partial charge on any atom is -0.480 e. The van der Waals surface area contributed by atoms with E-state index in [0.29, 0.717) is 6.42 Å². The number of aliphatic hydroxyl groups excluding tert-OH is 1. The number of aliphatic hydroxyl groups is 2. The molecule has 0 heterocycles. The summed E-state index contributed by atoms with van der Waals surface area (Å²) in [5.74, 6) is -1.75. The van der Waals surface area contributed by atoms with E-state index in [0.717, 1.165) is 12.8 Å². The number of unbranched alkanes of at least 4 members (excludes halogenated alkanes) is 4. The number of carboxylic acids is 2. The van der Waals surface area contributed by atoms with Crippen LogP contribution in [-0.4, -0.2) is 49.2 Å². The first-order valence-electron chi connectivity index (χ1n) is 7.24. The minimum atomic E-state index is -1.10. The molecule has 0 saturated carbocycles. The van der Waals surface area contributed by atoms with Crippen molar-refractivity contribution in [2.75, 3.05) is 0 Å². The van der Waals surface area contributed by atoms with Crippen molar-refractivity contribution in [3.05, 3.63) is 0 Å². The van der Waals surface area contributed by atoms with Gasteiger partial charge in [0.05, 0.1) is 10.5 Å². The highest BCUT2D eigenvalue weighted by molar-refractivity contribution is 7.81. The smallest absolute Gasteiger partial charge is 0.316 e. The van der Waals surface area contributed by atoms with Crippen LogP contribution >= 0.6 is 25.3 Å². The predicted octanol–water partition coefficient (Wildman–Crippen LogP) is 2.44. The van der Waals surface area contributed by atoms with Crippen molar-refractivity contribution >= 4 is 37.2 Å². The fraction of sp³-hybridized carbons (Fsp3) is 0.857. The minimum absolute atomic E-state index is 0.531. The van der Waals surface area contributed by atoms with E-state index in [-0.39, 0.29) is 0 Å². The Bertz CT molecular complexity index is 252. The maximum atomic E-state index is 9.62. The zero-order chi connectivity index (χ0) is 18.1. The molecular weight excluding hydrogens is 328 g/mol. The fourth-order valence-electron chi connectivity index (χ4n) is 0.930. The number of carbonyl (C=O) groups is 2. The van der Waals surface area contributed by atoms with Gasteiger partial charge in [0.15, 0.2) is 6.29 Å². The van der Waals surface area contributed by atoms with Crippen molar-refractivity contribution in [2.45, 2.75) is 76.1 Å². The summed E-state index contributed by atoms with van der Waals surface area (Å²) in [6, 6.07) is 0. The molecule has 134 valence electrons. The predicted molar refractivity (Wildman–Crippen MR) is 93.8 cm³/mol. The SMILES string of the molecule is CC(S)C(=O)O.CC(S)C(=O)O.CCCCCCCC(O)O. The van der Waals surface area contributed by atoms with Gasteiger partial charge in [0.25, 0.3) is 0 Å². The Kier molecular flexibility index (Phi) is 22.4. The Morgan fingerprint density at radius 1 is 0.864 bits per heavy atom. The number of hydrogen-bond donors (Lipinski definition) is 6. The number of hydrogen-bond acceptors (Lipinski definition) is 6. The second kappa shape index (κ2) is 18.6. The lowest BCUT2D eigenvalue weighted by molar-refractivity contribution is -0.137. The summed E-state index contributed by atoms with van der Waals surface area (Å²) in [5, 5.41) is 31.7. The van der Waals surface area contributed by atoms with Crippen molar-refractivity contribution in [1.82, 2.24) is 0 Å². The Balaban J connectivity index is -0.000000261. The van der Waals surface area contributed by atoms with E-state index in [9.17, 15) is 9.59 Å². The first kappa shape index (κ1) is 26.5. The highest BCUT2D eigenvalue weighted by Crippen LogP contribution is 2.05. The zero-order valence-corrected chi connectivity index (χ0v) is 15.3. The van der Waals surface area contributed by atoms with E-state index in [1.54, 1.807) is 0 Å². The molecule has 0 amide bonds. The van der Waals surface area contributed by atoms with Gasteiger partial charge in [-0.05, 0) is 26.7 Å². The van der Waals surface area contributed by atoms with Crippen LogP contribution in [0.3, 0.4) is 0 Å². The summed E-state index contributed by atoms with van der Waals surface area (Å²) in [5.41, 5.74) is 0. The molecule has 0 radical (unpaired) electrons. The standard InChI is InChI=1S/C8H18O2.2C3H6O2S/c1-2-3-4-5-6-7-8(9)10;2*1-2(6)3(4)5/h8-10H,2-7H2,1H3;2*2,6H,1H3,(H,4,5). The average Bonchev–Trinajstić information content (AvgIpc) is 2.39. The van der Waals surface area contributed by atoms with Gasteiger partial charge in [-0.2, -0.15) is 25.3 Å². The Labute approximate surface area is 143 Å². The highest BCUT2D eigenvalue weighted by atomic mass is 32.1. The second-order valence-corrected chi connectivity index (χ2v) is 6.26. The maximum Gasteiger partial charge on any atom is 0.316 e. The van der Waals surface area contributed by atoms with Gasteiger partial charge in [-0.15, -0.1) is 0 Å². The average molecular weight is 359 g/mol. The van der Waals surface area contributed by atoms with Crippen LogP contribution in [0.1, 0.15) is 59.3 Å². The van der Waals surface area contributed by atoms with Crippen molar-refractivity contribution in [3.63, 3.8) is 0 Å². The van der Waals surface area contributed by atoms with Gasteiger partial charge in [0.1, 0.15) is 0 Å². The van der Waals surface area contributed by atoms with Crippen LogP contribution < -0.4 is 0 Å². The van der Waals surface area contributed by atoms with Crippen molar-refractivity contribution in [3.8, 4) is 0 Å². The molecule has 0 aliphatic heterocycles. The Hall–Kier alpha value is -0.440. The first-order valence-corrected chi connectivity index (χ1v) is 8.27. The molecule has 2 unspecified atom stereocenters. The fourth-order valence-corrected chi connectivity index (χ4v) is 0.930. The van der Waals surface area contributed by atoms with Crippen LogP contribution in [0, 0.1) is 0 Å². The molecule has 0 spiro atoms. The Morgan fingerprint density at radius 2 is 1.18 bits per heavy atom. The molecule has 22 heavy (non-hydrogen) atoms. The maximum absolute atomic E-state index is 9.62. The second-order valence-electron chi connectivity index (χ2n) is 4.71. The van der Waals surface area contributed by atoms with Crippen molar-refractivity contribution in [2.24, 2.45) is 0 Å². The quantitative estimate of drug-likeness (QED) is 0.226. The molecule has 0 fully saturated rings. The molecule has 0 aromatic carbocycles. The molecule has 4 N–H and O–H groups in total. The number of thiol groups is 2. The molecular formula is C14H30O6S2. The van der Waals surface area contributed by atoms with Gasteiger partial charge >= 0.3 is 11.9 Å². The largest absolute Gasteiger partial charge is 0.480 e. The third kappa shape index (κ3) is 31.8. The van der Waals surface area contributed by atoms with Gasteiger partial charge in [-0.1, -0.05) is 32.6 Å². The molecule has 2 atom stereocenters. The monoisotopic (exact) mass is 358 g/mol. The van der Waals surface area contributed by atoms with Crippen LogP contribution in [0.2, 0.25) is 0 Å². The van der Waals surface area contributed by atoms with Gasteiger partial charge in [-0.3, -0.25) is 9.59 Å². The van der Waals surface area contributed by atoms with Gasteiger partial charge in [0.2, 0.25) is 0 Å². The summed E-state index contributed by atoms with van der Waals surface area (Å²) in [4.78, 5) is 19.2. The van der Waals surface area contributed by atoms with Gasteiger partial charge in [0, 0.05) is 0 Å². The first-order chi connectivity index (χ1) is 10.1. The van der Waals surface area contributed by atoms with E-state index < -0.39 is 28.7 Å². The molecule has 0 bridgehead atoms. The van der Waals surface area contributed by atoms with Crippen molar-refractivity contribution in [1.29, 1.82) is 0 Å². The summed E-state index contributed by atoms with van der Waals surface area (Å²) in [6.07, 6.45) is 5.24. The van der Waals surface area contributed by atoms with Crippen molar-refractivity contribution < 1.29 is 30.0 Å². The summed E-state index contributed by atoms with van der Waals surface area (Å²) in [6.45, 7) is 5.18. The molecule has 0 aliphatic rings. The molecule has 0 aromatic rings. The Morgan fingerprint density at radius 3 is 1.41 bits per heavy atom. The number of rotatable bonds is 8. The third-order valence-corrected chi connectivity index (χ3v) is 2.72. The molecule has 0 aromatic heterocycles. The van der Waals surface area contributed by atoms with E-state index >= 15 is 0 Å². The molecule has 6 nitrogen and oxygen atoms in total. The summed E-state index contributed by atoms with van der Waals surface area (Å²) >= 11 is 7.19. The molecule has 8 heteroatoms. The number of carboxylic acid groups (broad SMARTS) is 2. The lowest BCUT2D eigenvalue weighted by Crippen LogP contribution is -2.06. The topological polar surface area (TPSA) is 115 Å². The lowest BCUT2D eigenvalue weighted by atomic mass is 10.1. The summed E-state index contributed by atoms with van der Waals surface area (Å²) in [7, 11) is 0. The van der Waals surface area contributed by atoms with E-state index in [1.807, 2.05) is 0 Å². The normalized spacial score (nSPS) is 12.4. The molecule has 0 aliphatic carbocycles. The highest BCUT2D eigenvalue weighted by Gasteiger charge is 2.01. The van der Waals surface area contributed by atoms with Crippen LogP contribution in [0.25, 0.3) is 0 Å². The van der Waals surface area contributed by atoms with E-state index in [4.69, 9.17) is 20.4 Å². The third-order valence-electron chi connectivity index (χ3n) is 2.28. The van der Waals surface area contributed by atoms with Crippen LogP contribution in [0.5, 0.6) is 0 Å². The van der Waals surface area contributed by atoms with E-state index in [2.05, 4.69) is 32.2 Å². The zero-order valence-electron chi connectivity index (χ0n) is 13.5. The molecule has 0 rings (SSSR count).